The summed E-state index contributed by atoms with van der Waals surface area (Å²) in [6, 6.07) is 7.26. The highest BCUT2D eigenvalue weighted by atomic mass is 19.4. The van der Waals surface area contributed by atoms with Crippen LogP contribution < -0.4 is 14.2 Å². The van der Waals surface area contributed by atoms with Crippen molar-refractivity contribution in [1.29, 1.82) is 0 Å². The van der Waals surface area contributed by atoms with Crippen molar-refractivity contribution in [2.45, 2.75) is 82.0 Å². The van der Waals surface area contributed by atoms with Gasteiger partial charge in [0.2, 0.25) is 5.88 Å². The average molecular weight is 610 g/mol. The van der Waals surface area contributed by atoms with Crippen molar-refractivity contribution in [3.63, 3.8) is 0 Å². The Hall–Kier alpha value is -3.49. The summed E-state index contributed by atoms with van der Waals surface area (Å²) in [5.41, 5.74) is -0.595. The van der Waals surface area contributed by atoms with Gasteiger partial charge >= 0.3 is 12.5 Å². The number of halogens is 5. The van der Waals surface area contributed by atoms with Crippen LogP contribution in [0.15, 0.2) is 36.5 Å². The van der Waals surface area contributed by atoms with Crippen molar-refractivity contribution in [3.05, 3.63) is 59.0 Å². The zero-order valence-corrected chi connectivity index (χ0v) is 23.2. The second-order valence-electron chi connectivity index (χ2n) is 11.8. The third kappa shape index (κ3) is 4.70. The van der Waals surface area contributed by atoms with Crippen LogP contribution in [0.4, 0.5) is 22.0 Å². The molecule has 3 fully saturated rings. The van der Waals surface area contributed by atoms with Gasteiger partial charge < -0.3 is 28.8 Å². The molecule has 3 saturated carbocycles. The van der Waals surface area contributed by atoms with E-state index in [0.717, 1.165) is 0 Å². The summed E-state index contributed by atoms with van der Waals surface area (Å²) in [7, 11) is 1.44. The number of aliphatic hydroxyl groups excluding tert-OH is 1. The van der Waals surface area contributed by atoms with Crippen LogP contribution in [0.1, 0.15) is 73.8 Å². The van der Waals surface area contributed by atoms with E-state index >= 15 is 0 Å². The second-order valence-corrected chi connectivity index (χ2v) is 11.8. The molecule has 0 radical (unpaired) electrons. The summed E-state index contributed by atoms with van der Waals surface area (Å²) in [6.07, 6.45) is -6.29. The Bertz CT molecular complexity index is 1560. The second kappa shape index (κ2) is 9.50. The topological polar surface area (TPSA) is 97.1 Å². The number of pyridine rings is 1. The number of methoxy groups -OCH3 is 1. The fourth-order valence-electron chi connectivity index (χ4n) is 6.95. The minimum atomic E-state index is -4.67. The van der Waals surface area contributed by atoms with Crippen molar-refractivity contribution in [2.24, 2.45) is 5.41 Å². The SMILES string of the molecule is COC(O)C12CC(OC3CCCc4c(C(F)(F)F)nn(-c5ccnc(O[C@H](C)c6ccc7c(c6)OC(F)(F)O7)c5)c43)(C1)C2. The molecule has 1 N–H and O–H groups in total. The van der Waals surface area contributed by atoms with Crippen molar-refractivity contribution in [3.8, 4) is 23.1 Å². The Labute approximate surface area is 242 Å². The monoisotopic (exact) mass is 609 g/mol. The van der Waals surface area contributed by atoms with Crippen LogP contribution in [0.3, 0.4) is 0 Å². The van der Waals surface area contributed by atoms with E-state index in [1.165, 1.54) is 42.3 Å². The van der Waals surface area contributed by atoms with E-state index in [2.05, 4.69) is 19.6 Å². The first-order valence-corrected chi connectivity index (χ1v) is 13.9. The Balaban J connectivity index is 1.16. The van der Waals surface area contributed by atoms with Gasteiger partial charge in [-0.05, 0) is 69.2 Å². The van der Waals surface area contributed by atoms with Gasteiger partial charge in [-0.3, -0.25) is 0 Å². The lowest BCUT2D eigenvalue weighted by atomic mass is 9.40. The van der Waals surface area contributed by atoms with Gasteiger partial charge in [0.1, 0.15) is 12.2 Å². The zero-order valence-electron chi connectivity index (χ0n) is 23.2. The zero-order chi connectivity index (χ0) is 30.4. The van der Waals surface area contributed by atoms with Crippen LogP contribution in [0.25, 0.3) is 5.69 Å². The minimum absolute atomic E-state index is 0.0917. The molecule has 3 heterocycles. The van der Waals surface area contributed by atoms with Gasteiger partial charge in [-0.1, -0.05) is 6.07 Å². The fourth-order valence-corrected chi connectivity index (χ4v) is 6.95. The van der Waals surface area contributed by atoms with Crippen LogP contribution in [0, 0.1) is 5.41 Å². The summed E-state index contributed by atoms with van der Waals surface area (Å²) in [6.45, 7) is 1.67. The lowest BCUT2D eigenvalue weighted by molar-refractivity contribution is -0.366. The van der Waals surface area contributed by atoms with Crippen molar-refractivity contribution >= 4 is 0 Å². The highest BCUT2D eigenvalue weighted by Crippen LogP contribution is 2.72. The average Bonchev–Trinajstić information content (AvgIpc) is 3.46. The number of hydrogen-bond donors (Lipinski definition) is 1. The molecule has 2 aromatic heterocycles. The summed E-state index contributed by atoms with van der Waals surface area (Å²) < 4.78 is 97.1. The number of nitrogens with zero attached hydrogens (tertiary/aromatic N) is 3. The Morgan fingerprint density at radius 1 is 1.09 bits per heavy atom. The van der Waals surface area contributed by atoms with Gasteiger partial charge in [-0.2, -0.15) is 18.3 Å². The number of aliphatic hydroxyl groups is 1. The quantitative estimate of drug-likeness (QED) is 0.244. The van der Waals surface area contributed by atoms with Gasteiger partial charge in [0.05, 0.1) is 17.0 Å². The molecule has 3 atom stereocenters. The molecule has 14 heteroatoms. The van der Waals surface area contributed by atoms with Gasteiger partial charge in [0, 0.05) is 30.4 Å². The predicted octanol–water partition coefficient (Wildman–Crippen LogP) is 6.03. The number of benzene rings is 1. The van der Waals surface area contributed by atoms with Crippen LogP contribution >= 0.6 is 0 Å². The van der Waals surface area contributed by atoms with Crippen molar-refractivity contribution in [1.82, 2.24) is 14.8 Å². The molecule has 1 aliphatic heterocycles. The normalized spacial score (nSPS) is 28.0. The van der Waals surface area contributed by atoms with Gasteiger partial charge in [0.15, 0.2) is 23.5 Å². The van der Waals surface area contributed by atoms with E-state index in [0.29, 0.717) is 49.0 Å². The number of alkyl halides is 5. The lowest BCUT2D eigenvalue weighted by Crippen LogP contribution is -2.72. The molecule has 0 amide bonds. The molecule has 0 spiro atoms. The van der Waals surface area contributed by atoms with E-state index in [1.807, 2.05) is 0 Å². The summed E-state index contributed by atoms with van der Waals surface area (Å²) in [5, 5.41) is 14.2. The highest BCUT2D eigenvalue weighted by Gasteiger charge is 2.73. The molecular formula is C29H28F5N3O6. The summed E-state index contributed by atoms with van der Waals surface area (Å²) >= 11 is 0. The van der Waals surface area contributed by atoms with E-state index < -0.39 is 42.3 Å². The highest BCUT2D eigenvalue weighted by molar-refractivity contribution is 5.46. The first kappa shape index (κ1) is 28.3. The van der Waals surface area contributed by atoms with Gasteiger partial charge in [-0.25, -0.2) is 9.67 Å². The molecule has 9 nitrogen and oxygen atoms in total. The molecular weight excluding hydrogens is 581 g/mol. The summed E-state index contributed by atoms with van der Waals surface area (Å²) in [4.78, 5) is 4.20. The van der Waals surface area contributed by atoms with E-state index in [9.17, 15) is 27.1 Å². The minimum Gasteiger partial charge on any atom is -0.470 e. The maximum Gasteiger partial charge on any atom is 0.586 e. The third-order valence-corrected chi connectivity index (χ3v) is 8.81. The number of hydrogen-bond acceptors (Lipinski definition) is 8. The number of ether oxygens (including phenoxy) is 5. The maximum atomic E-state index is 14.2. The first-order valence-electron chi connectivity index (χ1n) is 13.9. The molecule has 2 bridgehead atoms. The molecule has 3 aromatic rings. The molecule has 5 aliphatic rings. The van der Waals surface area contributed by atoms with Gasteiger partial charge in [-0.15, -0.1) is 8.78 Å². The third-order valence-electron chi connectivity index (χ3n) is 8.81. The van der Waals surface area contributed by atoms with Crippen LogP contribution in [-0.4, -0.2) is 45.2 Å². The molecule has 2 unspecified atom stereocenters. The van der Waals surface area contributed by atoms with Crippen LogP contribution in [-0.2, 0) is 22.1 Å². The van der Waals surface area contributed by atoms with Gasteiger partial charge in [0.25, 0.3) is 0 Å². The summed E-state index contributed by atoms with van der Waals surface area (Å²) in [5.74, 6) is -0.153. The molecule has 4 aliphatic carbocycles. The van der Waals surface area contributed by atoms with E-state index in [-0.39, 0.29) is 34.8 Å². The fraction of sp³-hybridized carbons (Fsp3) is 0.517. The first-order chi connectivity index (χ1) is 20.3. The van der Waals surface area contributed by atoms with Crippen LogP contribution in [0.2, 0.25) is 0 Å². The van der Waals surface area contributed by atoms with E-state index in [4.69, 9.17) is 14.2 Å². The Morgan fingerprint density at radius 3 is 2.56 bits per heavy atom. The number of fused-ring (bicyclic) bond motifs is 2. The molecule has 230 valence electrons. The molecule has 8 rings (SSSR count). The van der Waals surface area contributed by atoms with E-state index in [1.54, 1.807) is 13.0 Å². The van der Waals surface area contributed by atoms with Crippen molar-refractivity contribution < 1.29 is 50.7 Å². The number of aromatic nitrogens is 3. The molecule has 1 aromatic carbocycles. The lowest BCUT2D eigenvalue weighted by Gasteiger charge is -2.71. The number of rotatable bonds is 8. The molecule has 43 heavy (non-hydrogen) atoms. The Morgan fingerprint density at radius 2 is 1.84 bits per heavy atom. The standard InChI is InChI=1S/C29H28F5N3O6/c1-15(16-6-7-19-21(10-16)43-29(33,34)42-19)40-22-11-17(8-9-35-22)37-23-18(24(36-37)28(30,31)32)4-3-5-20(23)41-27-12-26(13-27,14-27)25(38)39-2/h6-11,15,20,25,38H,3-5,12-14H2,1-2H3/t15-,20?,25?,26?,27?/m1/s1. The predicted molar refractivity (Wildman–Crippen MR) is 137 cm³/mol. The molecule has 0 saturated heterocycles. The van der Waals surface area contributed by atoms with Crippen LogP contribution in [0.5, 0.6) is 17.4 Å². The Kier molecular flexibility index (Phi) is 6.25. The largest absolute Gasteiger partial charge is 0.586 e. The smallest absolute Gasteiger partial charge is 0.470 e. The van der Waals surface area contributed by atoms with Crippen molar-refractivity contribution in [2.75, 3.05) is 7.11 Å². The maximum absolute atomic E-state index is 14.2.